The van der Waals surface area contributed by atoms with E-state index in [0.29, 0.717) is 6.42 Å². The topological polar surface area (TPSA) is 228 Å². The van der Waals surface area contributed by atoms with Crippen LogP contribution in [0, 0.1) is 0 Å². The van der Waals surface area contributed by atoms with Crippen LogP contribution in [0.3, 0.4) is 0 Å². The minimum atomic E-state index is -1.79. The zero-order valence-corrected chi connectivity index (χ0v) is 43.1. The number of nitrogens with one attached hydrogen (secondary N) is 1. The van der Waals surface area contributed by atoms with E-state index in [-0.39, 0.29) is 18.9 Å². The fourth-order valence-corrected chi connectivity index (χ4v) is 9.01. The molecule has 2 aliphatic heterocycles. The number of allylic oxidation sites excluding steroid dienone is 5. The third-order valence-corrected chi connectivity index (χ3v) is 13.6. The number of carbonyl (C=O) groups excluding carboxylic acids is 1. The minimum Gasteiger partial charge on any atom is -0.394 e. The van der Waals surface area contributed by atoms with E-state index < -0.39 is 86.8 Å². The Morgan fingerprint density at radius 2 is 0.971 bits per heavy atom. The predicted octanol–water partition coefficient (Wildman–Crippen LogP) is 8.27. The number of hydrogen-bond acceptors (Lipinski definition) is 13. The molecule has 0 aromatic heterocycles. The molecule has 1 amide bonds. The van der Waals surface area contributed by atoms with Gasteiger partial charge in [0.15, 0.2) is 12.6 Å². The number of amides is 1. The molecular formula is C55H101NO13. The Balaban J connectivity index is 1.81. The molecule has 2 fully saturated rings. The Bertz CT molecular complexity index is 1300. The third-order valence-electron chi connectivity index (χ3n) is 13.6. The molecule has 9 N–H and O–H groups in total. The zero-order valence-electron chi connectivity index (χ0n) is 43.1. The van der Waals surface area contributed by atoms with Crippen molar-refractivity contribution in [2.75, 3.05) is 19.8 Å². The van der Waals surface area contributed by atoms with E-state index in [0.717, 1.165) is 64.2 Å². The molecule has 14 heteroatoms. The van der Waals surface area contributed by atoms with Gasteiger partial charge in [-0.2, -0.15) is 0 Å². The third kappa shape index (κ3) is 28.3. The number of unbranched alkanes of at least 4 members (excludes halogenated alkanes) is 26. The van der Waals surface area contributed by atoms with Crippen LogP contribution in [0.4, 0.5) is 0 Å². The quantitative estimate of drug-likeness (QED) is 0.0207. The summed E-state index contributed by atoms with van der Waals surface area (Å²) >= 11 is 0. The van der Waals surface area contributed by atoms with Gasteiger partial charge in [-0.05, 0) is 44.9 Å². The van der Waals surface area contributed by atoms with Gasteiger partial charge in [0.1, 0.15) is 48.8 Å². The first-order chi connectivity index (χ1) is 33.6. The Kier molecular flexibility index (Phi) is 38.2. The molecule has 0 aromatic rings. The van der Waals surface area contributed by atoms with E-state index >= 15 is 0 Å². The fraction of sp³-hybridized carbons (Fsp3) is 0.873. The Labute approximate surface area is 417 Å². The van der Waals surface area contributed by atoms with Crippen LogP contribution < -0.4 is 5.32 Å². The van der Waals surface area contributed by atoms with E-state index in [1.165, 1.54) is 122 Å². The second kappa shape index (κ2) is 41.7. The highest BCUT2D eigenvalue weighted by atomic mass is 16.7. The van der Waals surface area contributed by atoms with Gasteiger partial charge in [0.25, 0.3) is 0 Å². The molecule has 12 atom stereocenters. The highest BCUT2D eigenvalue weighted by Gasteiger charge is 2.51. The van der Waals surface area contributed by atoms with E-state index in [2.05, 4.69) is 43.5 Å². The summed E-state index contributed by atoms with van der Waals surface area (Å²) in [4.78, 5) is 13.2. The fourth-order valence-electron chi connectivity index (χ4n) is 9.01. The van der Waals surface area contributed by atoms with E-state index in [9.17, 15) is 45.6 Å². The first kappa shape index (κ1) is 63.3. The van der Waals surface area contributed by atoms with Gasteiger partial charge in [-0.15, -0.1) is 0 Å². The first-order valence-corrected chi connectivity index (χ1v) is 27.7. The molecule has 69 heavy (non-hydrogen) atoms. The van der Waals surface area contributed by atoms with Crippen LogP contribution in [0.2, 0.25) is 0 Å². The van der Waals surface area contributed by atoms with Crippen LogP contribution in [0.15, 0.2) is 36.5 Å². The molecule has 404 valence electrons. The molecule has 14 nitrogen and oxygen atoms in total. The molecule has 0 radical (unpaired) electrons. The lowest BCUT2D eigenvalue weighted by Gasteiger charge is -2.46. The number of carbonyl (C=O) groups is 1. The van der Waals surface area contributed by atoms with Crippen LogP contribution in [-0.4, -0.2) is 140 Å². The molecule has 0 saturated carbocycles. The summed E-state index contributed by atoms with van der Waals surface area (Å²) in [7, 11) is 0. The molecule has 2 rings (SSSR count). The van der Waals surface area contributed by atoms with E-state index in [4.69, 9.17) is 18.9 Å². The van der Waals surface area contributed by atoms with Crippen molar-refractivity contribution in [2.45, 2.75) is 286 Å². The Morgan fingerprint density at radius 1 is 0.522 bits per heavy atom. The number of rotatable bonds is 43. The zero-order chi connectivity index (χ0) is 50.3. The van der Waals surface area contributed by atoms with Crippen molar-refractivity contribution in [2.24, 2.45) is 0 Å². The SMILES string of the molecule is CCCC/C=C\C/C=C\CCCCCCCC(=O)NC(COC1OC(CO)C(OC2OC(CO)C(O)C(O)C2O)C(O)C1O)C(O)/C=C/CCCCCCCCCCCCCCCCCCCCC. The van der Waals surface area contributed by atoms with Crippen molar-refractivity contribution >= 4 is 5.91 Å². The number of aliphatic hydroxyl groups excluding tert-OH is 8. The van der Waals surface area contributed by atoms with Gasteiger partial charge in [0.2, 0.25) is 5.91 Å². The highest BCUT2D eigenvalue weighted by Crippen LogP contribution is 2.30. The average molecular weight is 984 g/mol. The molecule has 2 aliphatic rings. The predicted molar refractivity (Wildman–Crippen MR) is 272 cm³/mol. The Hall–Kier alpha value is -1.79. The maximum absolute atomic E-state index is 13.2. The molecule has 12 unspecified atom stereocenters. The summed E-state index contributed by atoms with van der Waals surface area (Å²) in [5, 5.41) is 86.9. The number of aliphatic hydroxyl groups is 8. The maximum Gasteiger partial charge on any atom is 0.220 e. The largest absolute Gasteiger partial charge is 0.394 e. The molecule has 0 spiro atoms. The van der Waals surface area contributed by atoms with Crippen molar-refractivity contribution in [3.63, 3.8) is 0 Å². The Morgan fingerprint density at radius 3 is 1.49 bits per heavy atom. The number of ether oxygens (including phenoxy) is 4. The lowest BCUT2D eigenvalue weighted by molar-refractivity contribution is -0.359. The molecule has 0 aliphatic carbocycles. The first-order valence-electron chi connectivity index (χ1n) is 27.7. The highest BCUT2D eigenvalue weighted by molar-refractivity contribution is 5.76. The van der Waals surface area contributed by atoms with Crippen LogP contribution in [0.25, 0.3) is 0 Å². The van der Waals surface area contributed by atoms with Crippen LogP contribution in [-0.2, 0) is 23.7 Å². The minimum absolute atomic E-state index is 0.254. The molecular weight excluding hydrogens is 883 g/mol. The lowest BCUT2D eigenvalue weighted by Crippen LogP contribution is -2.65. The summed E-state index contributed by atoms with van der Waals surface area (Å²) < 4.78 is 22.7. The van der Waals surface area contributed by atoms with Gasteiger partial charge < -0.3 is 65.1 Å². The van der Waals surface area contributed by atoms with Crippen molar-refractivity contribution in [1.29, 1.82) is 0 Å². The van der Waals surface area contributed by atoms with Crippen molar-refractivity contribution in [3.05, 3.63) is 36.5 Å². The van der Waals surface area contributed by atoms with Gasteiger partial charge in [-0.25, -0.2) is 0 Å². The summed E-state index contributed by atoms with van der Waals surface area (Å²) in [6, 6.07) is -0.921. The van der Waals surface area contributed by atoms with Crippen molar-refractivity contribution in [1.82, 2.24) is 5.32 Å². The van der Waals surface area contributed by atoms with Crippen molar-refractivity contribution in [3.8, 4) is 0 Å². The van der Waals surface area contributed by atoms with Crippen molar-refractivity contribution < 1.29 is 64.6 Å². The standard InChI is InChI=1S/C55H101NO13/c1-3-5-7-9-11-13-15-17-19-20-21-22-23-24-25-26-28-30-32-34-36-38-44(59)43(56-47(60)39-37-35-33-31-29-27-18-16-14-12-10-8-6-4-2)42-66-54-52(65)50(63)53(46(41-58)68-54)69-55-51(64)49(62)48(61)45(40-57)67-55/h10,12,16,18,36,38,43-46,48-55,57-59,61-65H,3-9,11,13-15,17,19-35,37,39-42H2,1-2H3,(H,56,60)/b12-10-,18-16-,38-36+. The second-order valence-electron chi connectivity index (χ2n) is 19.7. The molecule has 2 heterocycles. The van der Waals surface area contributed by atoms with Crippen LogP contribution in [0.5, 0.6) is 0 Å². The smallest absolute Gasteiger partial charge is 0.220 e. The summed E-state index contributed by atoms with van der Waals surface area (Å²) in [6.07, 6.45) is 31.8. The van der Waals surface area contributed by atoms with E-state index in [1.54, 1.807) is 6.08 Å². The van der Waals surface area contributed by atoms with Gasteiger partial charge in [0, 0.05) is 6.42 Å². The maximum atomic E-state index is 13.2. The van der Waals surface area contributed by atoms with Gasteiger partial charge in [0.05, 0.1) is 32.0 Å². The second-order valence-corrected chi connectivity index (χ2v) is 19.7. The average Bonchev–Trinajstić information content (AvgIpc) is 3.35. The normalized spacial score (nSPS) is 26.4. The summed E-state index contributed by atoms with van der Waals surface area (Å²) in [5.74, 6) is -0.254. The van der Waals surface area contributed by atoms with Gasteiger partial charge >= 0.3 is 0 Å². The molecule has 0 bridgehead atoms. The van der Waals surface area contributed by atoms with Crippen LogP contribution in [0.1, 0.15) is 213 Å². The monoisotopic (exact) mass is 984 g/mol. The molecule has 2 saturated heterocycles. The lowest BCUT2D eigenvalue weighted by atomic mass is 9.97. The molecule has 0 aromatic carbocycles. The van der Waals surface area contributed by atoms with E-state index in [1.807, 2.05) is 6.08 Å². The number of hydrogen-bond donors (Lipinski definition) is 9. The van der Waals surface area contributed by atoms with Crippen LogP contribution >= 0.6 is 0 Å². The summed E-state index contributed by atoms with van der Waals surface area (Å²) in [5.41, 5.74) is 0. The van der Waals surface area contributed by atoms with Gasteiger partial charge in [-0.3, -0.25) is 4.79 Å². The van der Waals surface area contributed by atoms with Gasteiger partial charge in [-0.1, -0.05) is 198 Å². The summed E-state index contributed by atoms with van der Waals surface area (Å²) in [6.45, 7) is 2.75.